The number of nitrogens with zero attached hydrogens (tertiary/aromatic N) is 1. The Balaban J connectivity index is 2.31. The van der Waals surface area contributed by atoms with Crippen LogP contribution in [0.5, 0.6) is 0 Å². The van der Waals surface area contributed by atoms with Gasteiger partial charge < -0.3 is 11.5 Å². The van der Waals surface area contributed by atoms with Gasteiger partial charge in [-0.3, -0.25) is 4.99 Å². The van der Waals surface area contributed by atoms with E-state index in [1.807, 2.05) is 0 Å². The summed E-state index contributed by atoms with van der Waals surface area (Å²) in [6, 6.07) is 9.02. The van der Waals surface area contributed by atoms with E-state index < -0.39 is 0 Å². The minimum absolute atomic E-state index is 0.233. The molecule has 0 aliphatic heterocycles. The zero-order chi connectivity index (χ0) is 16.1. The zero-order valence-corrected chi connectivity index (χ0v) is 12.2. The molecule has 4 N–H and O–H groups in total. The fraction of sp³-hybridized carbons (Fsp3) is 0.118. The SMILES string of the molecule is Cc1cc(N=CC(=CN)c2cc(F)cc(CN)c2)ccc1F. The highest BCUT2D eigenvalue weighted by Crippen LogP contribution is 2.20. The molecule has 114 valence electrons. The van der Waals surface area contributed by atoms with Crippen LogP contribution in [-0.2, 0) is 6.54 Å². The lowest BCUT2D eigenvalue weighted by molar-refractivity contribution is 0.618. The van der Waals surface area contributed by atoms with Gasteiger partial charge in [-0.05, 0) is 60.0 Å². The van der Waals surface area contributed by atoms with Crippen LogP contribution in [0, 0.1) is 18.6 Å². The third-order valence-corrected chi connectivity index (χ3v) is 3.20. The third-order valence-electron chi connectivity index (χ3n) is 3.20. The first-order chi connectivity index (χ1) is 10.5. The summed E-state index contributed by atoms with van der Waals surface area (Å²) in [6.45, 7) is 1.89. The number of benzene rings is 2. The molecule has 0 aliphatic carbocycles. The van der Waals surface area contributed by atoms with Gasteiger partial charge in [0.2, 0.25) is 0 Å². The van der Waals surface area contributed by atoms with Gasteiger partial charge in [-0.25, -0.2) is 8.78 Å². The molecule has 2 aromatic rings. The first-order valence-electron chi connectivity index (χ1n) is 6.75. The average molecular weight is 301 g/mol. The molecule has 0 radical (unpaired) electrons. The molecule has 5 heteroatoms. The van der Waals surface area contributed by atoms with Crippen molar-refractivity contribution in [3.05, 3.63) is 70.9 Å². The van der Waals surface area contributed by atoms with Gasteiger partial charge in [0.25, 0.3) is 0 Å². The molecule has 0 aliphatic rings. The number of aliphatic imine (C=N–C) groups is 1. The predicted molar refractivity (Wildman–Crippen MR) is 85.7 cm³/mol. The Labute approximate surface area is 128 Å². The second kappa shape index (κ2) is 6.95. The summed E-state index contributed by atoms with van der Waals surface area (Å²) in [5.41, 5.74) is 14.0. The van der Waals surface area contributed by atoms with Crippen LogP contribution in [0.1, 0.15) is 16.7 Å². The van der Waals surface area contributed by atoms with Gasteiger partial charge in [-0.2, -0.15) is 0 Å². The summed E-state index contributed by atoms with van der Waals surface area (Å²) in [5.74, 6) is -0.672. The molecular weight excluding hydrogens is 284 g/mol. The Hall–Kier alpha value is -2.53. The van der Waals surface area contributed by atoms with Gasteiger partial charge in [0.05, 0.1) is 5.69 Å². The number of rotatable bonds is 4. The second-order valence-corrected chi connectivity index (χ2v) is 4.87. The van der Waals surface area contributed by atoms with Crippen LogP contribution in [0.3, 0.4) is 0 Å². The van der Waals surface area contributed by atoms with Gasteiger partial charge in [0.15, 0.2) is 0 Å². The lowest BCUT2D eigenvalue weighted by Gasteiger charge is -2.05. The number of halogens is 2. The number of aryl methyl sites for hydroxylation is 1. The average Bonchev–Trinajstić information content (AvgIpc) is 2.50. The molecule has 0 spiro atoms. The maximum absolute atomic E-state index is 13.6. The number of hydrogen-bond acceptors (Lipinski definition) is 3. The van der Waals surface area contributed by atoms with Crippen molar-refractivity contribution in [3.63, 3.8) is 0 Å². The van der Waals surface area contributed by atoms with Crippen molar-refractivity contribution in [3.8, 4) is 0 Å². The van der Waals surface area contributed by atoms with E-state index >= 15 is 0 Å². The topological polar surface area (TPSA) is 64.4 Å². The van der Waals surface area contributed by atoms with E-state index in [1.54, 1.807) is 25.1 Å². The molecule has 22 heavy (non-hydrogen) atoms. The Morgan fingerprint density at radius 2 is 1.95 bits per heavy atom. The zero-order valence-electron chi connectivity index (χ0n) is 12.2. The molecule has 0 amide bonds. The first kappa shape index (κ1) is 15.9. The largest absolute Gasteiger partial charge is 0.404 e. The van der Waals surface area contributed by atoms with Gasteiger partial charge in [0.1, 0.15) is 11.6 Å². The highest BCUT2D eigenvalue weighted by molar-refractivity contribution is 6.10. The van der Waals surface area contributed by atoms with Crippen molar-refractivity contribution in [2.45, 2.75) is 13.5 Å². The molecule has 3 nitrogen and oxygen atoms in total. The second-order valence-electron chi connectivity index (χ2n) is 4.87. The van der Waals surface area contributed by atoms with Crippen molar-refractivity contribution in [2.75, 3.05) is 0 Å². The fourth-order valence-corrected chi connectivity index (χ4v) is 2.00. The highest BCUT2D eigenvalue weighted by atomic mass is 19.1. The van der Waals surface area contributed by atoms with Gasteiger partial charge in [-0.15, -0.1) is 0 Å². The third kappa shape index (κ3) is 3.77. The van der Waals surface area contributed by atoms with Crippen LogP contribution < -0.4 is 11.5 Å². The van der Waals surface area contributed by atoms with Crippen LogP contribution in [0.25, 0.3) is 5.57 Å². The molecule has 0 bridgehead atoms. The van der Waals surface area contributed by atoms with Crippen LogP contribution in [0.4, 0.5) is 14.5 Å². The Morgan fingerprint density at radius 3 is 2.59 bits per heavy atom. The maximum Gasteiger partial charge on any atom is 0.126 e. The van der Waals surface area contributed by atoms with Crippen molar-refractivity contribution in [1.82, 2.24) is 0 Å². The molecule has 0 fully saturated rings. The first-order valence-corrected chi connectivity index (χ1v) is 6.75. The Bertz CT molecular complexity index is 737. The van der Waals surface area contributed by atoms with Gasteiger partial charge >= 0.3 is 0 Å². The predicted octanol–water partition coefficient (Wildman–Crippen LogP) is 3.43. The molecule has 0 aromatic heterocycles. The van der Waals surface area contributed by atoms with Gasteiger partial charge in [0, 0.05) is 24.5 Å². The van der Waals surface area contributed by atoms with Crippen LogP contribution in [-0.4, -0.2) is 6.21 Å². The standard InChI is InChI=1S/C17H17F2N3/c1-11-4-16(2-3-17(11)19)22-10-14(9-21)13-5-12(8-20)6-15(18)7-13/h2-7,9-10H,8,20-21H2,1H3. The Morgan fingerprint density at radius 1 is 1.18 bits per heavy atom. The van der Waals surface area contributed by atoms with E-state index in [0.717, 1.165) is 0 Å². The Kier molecular flexibility index (Phi) is 5.01. The summed E-state index contributed by atoms with van der Waals surface area (Å²) in [4.78, 5) is 4.25. The van der Waals surface area contributed by atoms with E-state index in [-0.39, 0.29) is 18.2 Å². The number of nitrogens with two attached hydrogens (primary N) is 2. The normalized spacial score (nSPS) is 12.1. The number of hydrogen-bond donors (Lipinski definition) is 2. The smallest absolute Gasteiger partial charge is 0.126 e. The van der Waals surface area contributed by atoms with Crippen molar-refractivity contribution < 1.29 is 8.78 Å². The summed E-state index contributed by atoms with van der Waals surface area (Å²) >= 11 is 0. The van der Waals surface area contributed by atoms with E-state index in [9.17, 15) is 8.78 Å². The molecular formula is C17H17F2N3. The fourth-order valence-electron chi connectivity index (χ4n) is 2.00. The quantitative estimate of drug-likeness (QED) is 0.850. The molecule has 2 aromatic carbocycles. The molecule has 2 rings (SSSR count). The van der Waals surface area contributed by atoms with Crippen molar-refractivity contribution >= 4 is 17.5 Å². The molecule has 0 unspecified atom stereocenters. The van der Waals surface area contributed by atoms with Crippen molar-refractivity contribution in [1.29, 1.82) is 0 Å². The lowest BCUT2D eigenvalue weighted by Crippen LogP contribution is -2.00. The van der Waals surface area contributed by atoms with Crippen LogP contribution in [0.2, 0.25) is 0 Å². The van der Waals surface area contributed by atoms with E-state index in [1.165, 1.54) is 30.6 Å². The van der Waals surface area contributed by atoms with E-state index in [2.05, 4.69) is 4.99 Å². The minimum Gasteiger partial charge on any atom is -0.404 e. The van der Waals surface area contributed by atoms with E-state index in [4.69, 9.17) is 11.5 Å². The van der Waals surface area contributed by atoms with E-state index in [0.29, 0.717) is 28.0 Å². The van der Waals surface area contributed by atoms with Crippen LogP contribution >= 0.6 is 0 Å². The maximum atomic E-state index is 13.6. The summed E-state index contributed by atoms with van der Waals surface area (Å²) in [6.07, 6.45) is 2.86. The lowest BCUT2D eigenvalue weighted by atomic mass is 10.0. The minimum atomic E-state index is -0.386. The monoisotopic (exact) mass is 301 g/mol. The van der Waals surface area contributed by atoms with Crippen LogP contribution in [0.15, 0.2) is 47.6 Å². The molecule has 0 saturated carbocycles. The molecule has 0 atom stereocenters. The summed E-state index contributed by atoms with van der Waals surface area (Å²) in [7, 11) is 0. The number of allylic oxidation sites excluding steroid dienone is 1. The summed E-state index contributed by atoms with van der Waals surface area (Å²) in [5, 5.41) is 0. The van der Waals surface area contributed by atoms with Crippen molar-refractivity contribution in [2.24, 2.45) is 16.5 Å². The molecule has 0 saturated heterocycles. The van der Waals surface area contributed by atoms with Gasteiger partial charge in [-0.1, -0.05) is 0 Å². The molecule has 0 heterocycles. The highest BCUT2D eigenvalue weighted by Gasteiger charge is 2.04. The summed E-state index contributed by atoms with van der Waals surface area (Å²) < 4.78 is 26.8.